The molecule has 0 bridgehead atoms. The minimum absolute atomic E-state index is 0.135. The Balaban J connectivity index is 2.56. The summed E-state index contributed by atoms with van der Waals surface area (Å²) in [7, 11) is 0. The van der Waals surface area contributed by atoms with Crippen molar-refractivity contribution in [1.82, 2.24) is 5.06 Å². The van der Waals surface area contributed by atoms with Crippen LogP contribution in [0.4, 0.5) is 0 Å². The molecule has 0 aromatic heterocycles. The second kappa shape index (κ2) is 4.97. The van der Waals surface area contributed by atoms with Crippen LogP contribution in [0.5, 0.6) is 0 Å². The summed E-state index contributed by atoms with van der Waals surface area (Å²) < 4.78 is 0. The highest BCUT2D eigenvalue weighted by molar-refractivity contribution is 5.81. The average molecular weight is 213 g/mol. The molecule has 1 amide bonds. The lowest BCUT2D eigenvalue weighted by Gasteiger charge is -2.34. The first-order valence-corrected chi connectivity index (χ1v) is 5.88. The number of hydroxylamine groups is 2. The van der Waals surface area contributed by atoms with Crippen LogP contribution in [0.25, 0.3) is 0 Å². The van der Waals surface area contributed by atoms with Crippen molar-refractivity contribution in [3.05, 3.63) is 0 Å². The third-order valence-corrected chi connectivity index (χ3v) is 2.73. The van der Waals surface area contributed by atoms with Gasteiger partial charge in [-0.05, 0) is 25.2 Å². The molecule has 3 nitrogen and oxygen atoms in total. The van der Waals surface area contributed by atoms with Gasteiger partial charge in [0.25, 0.3) is 5.91 Å². The lowest BCUT2D eigenvalue weighted by molar-refractivity contribution is -0.206. The maximum atomic E-state index is 12.2. The van der Waals surface area contributed by atoms with Crippen molar-refractivity contribution in [2.24, 2.45) is 11.3 Å². The van der Waals surface area contributed by atoms with Crippen LogP contribution in [-0.2, 0) is 9.63 Å². The lowest BCUT2D eigenvalue weighted by atomic mass is 9.83. The van der Waals surface area contributed by atoms with Gasteiger partial charge in [0.1, 0.15) is 0 Å². The Hall–Kier alpha value is -0.570. The fourth-order valence-electron chi connectivity index (χ4n) is 2.20. The van der Waals surface area contributed by atoms with Crippen molar-refractivity contribution in [1.29, 1.82) is 0 Å². The summed E-state index contributed by atoms with van der Waals surface area (Å²) in [5.41, 5.74) is -0.300. The number of rotatable bonds is 3. The Kier molecular flexibility index (Phi) is 4.14. The molecule has 1 heterocycles. The number of carbonyl (C=O) groups excluding carboxylic acids is 1. The highest BCUT2D eigenvalue weighted by Gasteiger charge is 2.33. The van der Waals surface area contributed by atoms with Crippen molar-refractivity contribution >= 4 is 5.91 Å². The number of nitrogens with zero attached hydrogens (tertiary/aromatic N) is 1. The number of amides is 1. The summed E-state index contributed by atoms with van der Waals surface area (Å²) in [6.45, 7) is 9.74. The van der Waals surface area contributed by atoms with Gasteiger partial charge < -0.3 is 0 Å². The molecule has 3 heteroatoms. The second-order valence-electron chi connectivity index (χ2n) is 5.43. The first kappa shape index (κ1) is 12.5. The van der Waals surface area contributed by atoms with E-state index < -0.39 is 0 Å². The molecule has 0 saturated carbocycles. The van der Waals surface area contributed by atoms with Crippen LogP contribution in [0.15, 0.2) is 0 Å². The number of hydrogen-bond acceptors (Lipinski definition) is 2. The van der Waals surface area contributed by atoms with E-state index in [9.17, 15) is 4.79 Å². The van der Waals surface area contributed by atoms with Gasteiger partial charge >= 0.3 is 0 Å². The summed E-state index contributed by atoms with van der Waals surface area (Å²) in [6, 6.07) is 0. The minimum Gasteiger partial charge on any atom is -0.272 e. The molecule has 15 heavy (non-hydrogen) atoms. The van der Waals surface area contributed by atoms with Gasteiger partial charge in [-0.2, -0.15) is 0 Å². The van der Waals surface area contributed by atoms with Gasteiger partial charge in [-0.3, -0.25) is 9.63 Å². The number of hydrogen-bond donors (Lipinski definition) is 0. The van der Waals surface area contributed by atoms with E-state index in [0.717, 1.165) is 25.8 Å². The lowest BCUT2D eigenvalue weighted by Crippen LogP contribution is -2.44. The molecule has 0 aliphatic carbocycles. The summed E-state index contributed by atoms with van der Waals surface area (Å²) in [5.74, 6) is 0.671. The summed E-state index contributed by atoms with van der Waals surface area (Å²) in [5, 5.41) is 1.56. The van der Waals surface area contributed by atoms with E-state index in [1.165, 1.54) is 0 Å². The molecule has 1 aliphatic rings. The van der Waals surface area contributed by atoms with Gasteiger partial charge in [-0.25, -0.2) is 5.06 Å². The van der Waals surface area contributed by atoms with Crippen molar-refractivity contribution < 1.29 is 9.63 Å². The molecule has 88 valence electrons. The Morgan fingerprint density at radius 3 is 2.53 bits per heavy atom. The highest BCUT2D eigenvalue weighted by Crippen LogP contribution is 2.28. The van der Waals surface area contributed by atoms with Gasteiger partial charge in [-0.1, -0.05) is 27.7 Å². The maximum absolute atomic E-state index is 12.2. The molecule has 1 saturated heterocycles. The molecule has 0 spiro atoms. The van der Waals surface area contributed by atoms with Crippen molar-refractivity contribution in [3.8, 4) is 0 Å². The fraction of sp³-hybridized carbons (Fsp3) is 0.917. The van der Waals surface area contributed by atoms with Crippen LogP contribution < -0.4 is 0 Å². The predicted molar refractivity (Wildman–Crippen MR) is 60.1 cm³/mol. The molecule has 1 aliphatic heterocycles. The van der Waals surface area contributed by atoms with E-state index in [4.69, 9.17) is 4.84 Å². The molecule has 1 rings (SSSR count). The summed E-state index contributed by atoms with van der Waals surface area (Å²) in [6.07, 6.45) is 3.03. The van der Waals surface area contributed by atoms with E-state index in [1.54, 1.807) is 5.06 Å². The van der Waals surface area contributed by atoms with Crippen LogP contribution >= 0.6 is 0 Å². The Labute approximate surface area is 92.7 Å². The third-order valence-electron chi connectivity index (χ3n) is 2.73. The molecular formula is C12H23NO2. The van der Waals surface area contributed by atoms with E-state index in [-0.39, 0.29) is 11.3 Å². The average Bonchev–Trinajstić information content (AvgIpc) is 2.16. The van der Waals surface area contributed by atoms with Gasteiger partial charge in [0.15, 0.2) is 0 Å². The molecule has 0 unspecified atom stereocenters. The Morgan fingerprint density at radius 1 is 1.40 bits per heavy atom. The zero-order valence-electron chi connectivity index (χ0n) is 10.4. The Morgan fingerprint density at radius 2 is 2.07 bits per heavy atom. The zero-order chi connectivity index (χ0) is 11.5. The second-order valence-corrected chi connectivity index (χ2v) is 5.43. The van der Waals surface area contributed by atoms with Crippen molar-refractivity contribution in [3.63, 3.8) is 0 Å². The SMILES string of the molecule is CC(C)CC(C)(C)C(=O)N1CCCCO1. The minimum atomic E-state index is -0.300. The molecule has 1 fully saturated rings. The van der Waals surface area contributed by atoms with Crippen LogP contribution in [0, 0.1) is 11.3 Å². The molecule has 0 aromatic carbocycles. The molecular weight excluding hydrogens is 190 g/mol. The van der Waals surface area contributed by atoms with E-state index in [2.05, 4.69) is 13.8 Å². The normalized spacial score (nSPS) is 18.3. The van der Waals surface area contributed by atoms with Crippen LogP contribution in [0.1, 0.15) is 47.0 Å². The van der Waals surface area contributed by atoms with Crippen molar-refractivity contribution in [2.75, 3.05) is 13.2 Å². The molecule has 0 N–H and O–H groups in total. The largest absolute Gasteiger partial charge is 0.272 e. The van der Waals surface area contributed by atoms with Gasteiger partial charge in [0.05, 0.1) is 6.61 Å². The monoisotopic (exact) mass is 213 g/mol. The highest BCUT2D eigenvalue weighted by atomic mass is 16.7. The van der Waals surface area contributed by atoms with E-state index in [0.29, 0.717) is 12.5 Å². The third kappa shape index (κ3) is 3.49. The molecule has 0 atom stereocenters. The first-order chi connectivity index (χ1) is 6.93. The maximum Gasteiger partial charge on any atom is 0.251 e. The summed E-state index contributed by atoms with van der Waals surface area (Å²) in [4.78, 5) is 17.5. The first-order valence-electron chi connectivity index (χ1n) is 5.88. The van der Waals surface area contributed by atoms with Crippen LogP contribution in [0.2, 0.25) is 0 Å². The van der Waals surface area contributed by atoms with Gasteiger partial charge in [-0.15, -0.1) is 0 Å². The topological polar surface area (TPSA) is 29.5 Å². The number of carbonyl (C=O) groups is 1. The smallest absolute Gasteiger partial charge is 0.251 e. The van der Waals surface area contributed by atoms with Gasteiger partial charge in [0.2, 0.25) is 0 Å². The quantitative estimate of drug-likeness (QED) is 0.721. The van der Waals surface area contributed by atoms with Gasteiger partial charge in [0, 0.05) is 12.0 Å². The fourth-order valence-corrected chi connectivity index (χ4v) is 2.20. The van der Waals surface area contributed by atoms with E-state index >= 15 is 0 Å². The Bertz CT molecular complexity index is 218. The zero-order valence-corrected chi connectivity index (χ0v) is 10.4. The van der Waals surface area contributed by atoms with E-state index in [1.807, 2.05) is 13.8 Å². The van der Waals surface area contributed by atoms with Crippen LogP contribution in [-0.4, -0.2) is 24.1 Å². The summed E-state index contributed by atoms with van der Waals surface area (Å²) >= 11 is 0. The predicted octanol–water partition coefficient (Wildman–Crippen LogP) is 2.61. The molecule has 0 aromatic rings. The van der Waals surface area contributed by atoms with Crippen molar-refractivity contribution in [2.45, 2.75) is 47.0 Å². The van der Waals surface area contributed by atoms with Crippen LogP contribution in [0.3, 0.4) is 0 Å². The molecule has 0 radical (unpaired) electrons. The standard InChI is InChI=1S/C12H23NO2/c1-10(2)9-12(3,4)11(14)13-7-5-6-8-15-13/h10H,5-9H2,1-4H3.